The van der Waals surface area contributed by atoms with Gasteiger partial charge >= 0.3 is 0 Å². The first-order chi connectivity index (χ1) is 16.0. The van der Waals surface area contributed by atoms with Gasteiger partial charge < -0.3 is 10.1 Å². The molecule has 3 aromatic carbocycles. The van der Waals surface area contributed by atoms with Gasteiger partial charge in [-0.3, -0.25) is 14.8 Å². The van der Waals surface area contributed by atoms with Gasteiger partial charge in [-0.05, 0) is 58.7 Å². The van der Waals surface area contributed by atoms with Crippen molar-refractivity contribution in [2.75, 3.05) is 7.11 Å². The number of hydrogen-bond donors (Lipinski definition) is 3. The fraction of sp³-hybridized carbons (Fsp3) is 0.0769. The molecule has 0 aromatic heterocycles. The van der Waals surface area contributed by atoms with E-state index < -0.39 is 5.91 Å². The summed E-state index contributed by atoms with van der Waals surface area (Å²) in [7, 11) is 1.57. The maximum atomic E-state index is 13.3. The molecule has 0 atom stereocenters. The Morgan fingerprint density at radius 3 is 2.18 bits per heavy atom. The molecule has 0 aliphatic heterocycles. The summed E-state index contributed by atoms with van der Waals surface area (Å²) in [6, 6.07) is 20.3. The molecule has 168 valence electrons. The largest absolute Gasteiger partial charge is 0.497 e. The average Bonchev–Trinajstić information content (AvgIpc) is 2.86. The SMILES string of the molecule is COc1ccc(C(=Cc2ccc(F)cc2)C(=O)NCc2ccc(C=CC(=O)NO)cc2)cc1. The molecule has 0 heterocycles. The zero-order chi connectivity index (χ0) is 23.6. The molecule has 6 nitrogen and oxygen atoms in total. The Bertz CT molecular complexity index is 1150. The summed E-state index contributed by atoms with van der Waals surface area (Å²) in [4.78, 5) is 24.1. The number of rotatable bonds is 8. The molecule has 3 N–H and O–H groups in total. The molecule has 0 saturated heterocycles. The van der Waals surface area contributed by atoms with Crippen LogP contribution in [0.1, 0.15) is 22.3 Å². The Labute approximate surface area is 191 Å². The highest BCUT2D eigenvalue weighted by molar-refractivity contribution is 6.24. The summed E-state index contributed by atoms with van der Waals surface area (Å²) in [5.41, 5.74) is 4.98. The summed E-state index contributed by atoms with van der Waals surface area (Å²) in [6.45, 7) is 0.289. The van der Waals surface area contributed by atoms with Crippen molar-refractivity contribution in [3.8, 4) is 5.75 Å². The second kappa shape index (κ2) is 11.4. The molecule has 0 unspecified atom stereocenters. The van der Waals surface area contributed by atoms with Crippen LogP contribution in [-0.2, 0) is 16.1 Å². The van der Waals surface area contributed by atoms with Crippen molar-refractivity contribution in [2.24, 2.45) is 0 Å². The van der Waals surface area contributed by atoms with Gasteiger partial charge in [0.05, 0.1) is 7.11 Å². The van der Waals surface area contributed by atoms with Crippen LogP contribution in [-0.4, -0.2) is 24.1 Å². The van der Waals surface area contributed by atoms with E-state index in [-0.39, 0.29) is 18.3 Å². The minimum Gasteiger partial charge on any atom is -0.497 e. The number of ether oxygens (including phenoxy) is 1. The average molecular weight is 446 g/mol. The standard InChI is InChI=1S/C26H23FN2O4/c1-33-23-13-9-21(10-14-23)24(16-19-6-11-22(27)12-7-19)26(31)28-17-20-4-2-18(3-5-20)8-15-25(30)29-32/h2-16,32H,17H2,1H3,(H,28,31)(H,29,30). The fourth-order valence-electron chi connectivity index (χ4n) is 3.01. The van der Waals surface area contributed by atoms with Crippen LogP contribution >= 0.6 is 0 Å². The smallest absolute Gasteiger partial charge is 0.267 e. The van der Waals surface area contributed by atoms with Gasteiger partial charge in [0.1, 0.15) is 11.6 Å². The van der Waals surface area contributed by atoms with E-state index in [2.05, 4.69) is 5.32 Å². The van der Waals surface area contributed by atoms with Crippen LogP contribution in [0.25, 0.3) is 17.7 Å². The number of amides is 2. The molecule has 0 radical (unpaired) electrons. The third-order valence-corrected chi connectivity index (χ3v) is 4.80. The van der Waals surface area contributed by atoms with E-state index in [0.717, 1.165) is 11.1 Å². The van der Waals surface area contributed by atoms with E-state index in [9.17, 15) is 14.0 Å². The van der Waals surface area contributed by atoms with Crippen LogP contribution in [0.15, 0.2) is 78.9 Å². The first-order valence-corrected chi connectivity index (χ1v) is 10.1. The van der Waals surface area contributed by atoms with Crippen LogP contribution in [0.3, 0.4) is 0 Å². The predicted octanol–water partition coefficient (Wildman–Crippen LogP) is 4.21. The quantitative estimate of drug-likeness (QED) is 0.209. The first-order valence-electron chi connectivity index (χ1n) is 10.1. The Morgan fingerprint density at radius 1 is 0.939 bits per heavy atom. The summed E-state index contributed by atoms with van der Waals surface area (Å²) in [5, 5.41) is 11.4. The van der Waals surface area contributed by atoms with Gasteiger partial charge in [0.15, 0.2) is 0 Å². The second-order valence-corrected chi connectivity index (χ2v) is 7.07. The maximum absolute atomic E-state index is 13.3. The molecule has 0 aliphatic rings. The van der Waals surface area contributed by atoms with Crippen LogP contribution < -0.4 is 15.5 Å². The van der Waals surface area contributed by atoms with Crippen molar-refractivity contribution < 1.29 is 23.9 Å². The maximum Gasteiger partial charge on any atom is 0.267 e. The lowest BCUT2D eigenvalue weighted by molar-refractivity contribution is -0.124. The highest BCUT2D eigenvalue weighted by Crippen LogP contribution is 2.22. The highest BCUT2D eigenvalue weighted by atomic mass is 19.1. The molecule has 3 rings (SSSR count). The fourth-order valence-corrected chi connectivity index (χ4v) is 3.01. The lowest BCUT2D eigenvalue weighted by Gasteiger charge is -2.11. The summed E-state index contributed by atoms with van der Waals surface area (Å²) in [5.74, 6) is -0.581. The molecule has 0 fully saturated rings. The number of carbonyl (C=O) groups is 2. The van der Waals surface area contributed by atoms with Gasteiger partial charge in [0.25, 0.3) is 11.8 Å². The van der Waals surface area contributed by atoms with E-state index in [1.165, 1.54) is 23.7 Å². The Hall–Kier alpha value is -4.23. The Morgan fingerprint density at radius 2 is 1.58 bits per heavy atom. The normalized spacial score (nSPS) is 11.3. The van der Waals surface area contributed by atoms with Crippen LogP contribution in [0.5, 0.6) is 5.75 Å². The van der Waals surface area contributed by atoms with Gasteiger partial charge in [-0.25, -0.2) is 9.87 Å². The summed E-state index contributed by atoms with van der Waals surface area (Å²) >= 11 is 0. The van der Waals surface area contributed by atoms with Crippen molar-refractivity contribution in [1.29, 1.82) is 0 Å². The van der Waals surface area contributed by atoms with E-state index in [1.54, 1.807) is 67.8 Å². The number of nitrogens with one attached hydrogen (secondary N) is 2. The van der Waals surface area contributed by atoms with Crippen molar-refractivity contribution in [1.82, 2.24) is 10.8 Å². The van der Waals surface area contributed by atoms with Gasteiger partial charge in [-0.2, -0.15) is 0 Å². The van der Waals surface area contributed by atoms with Crippen molar-refractivity contribution in [2.45, 2.75) is 6.54 Å². The highest BCUT2D eigenvalue weighted by Gasteiger charge is 2.13. The van der Waals surface area contributed by atoms with Gasteiger partial charge in [0, 0.05) is 18.2 Å². The second-order valence-electron chi connectivity index (χ2n) is 7.07. The molecule has 33 heavy (non-hydrogen) atoms. The number of methoxy groups -OCH3 is 1. The number of hydroxylamine groups is 1. The molecule has 0 bridgehead atoms. The van der Waals surface area contributed by atoms with E-state index >= 15 is 0 Å². The molecular weight excluding hydrogens is 423 g/mol. The third-order valence-electron chi connectivity index (χ3n) is 4.80. The van der Waals surface area contributed by atoms with Crippen molar-refractivity contribution in [3.63, 3.8) is 0 Å². The third kappa shape index (κ3) is 6.88. The zero-order valence-corrected chi connectivity index (χ0v) is 17.9. The molecule has 7 heteroatoms. The first kappa shape index (κ1) is 23.4. The van der Waals surface area contributed by atoms with Crippen molar-refractivity contribution in [3.05, 3.63) is 107 Å². The minimum absolute atomic E-state index is 0.284. The van der Waals surface area contributed by atoms with E-state index in [0.29, 0.717) is 22.4 Å². The van der Waals surface area contributed by atoms with Gasteiger partial charge in [-0.15, -0.1) is 0 Å². The number of halogens is 1. The molecule has 3 aromatic rings. The predicted molar refractivity (Wildman–Crippen MR) is 125 cm³/mol. The molecule has 0 aliphatic carbocycles. The van der Waals surface area contributed by atoms with E-state index in [1.807, 2.05) is 12.1 Å². The van der Waals surface area contributed by atoms with Crippen LogP contribution in [0.4, 0.5) is 4.39 Å². The minimum atomic E-state index is -0.620. The lowest BCUT2D eigenvalue weighted by atomic mass is 10.0. The summed E-state index contributed by atoms with van der Waals surface area (Å²) in [6.07, 6.45) is 4.47. The van der Waals surface area contributed by atoms with Gasteiger partial charge in [-0.1, -0.05) is 48.5 Å². The van der Waals surface area contributed by atoms with Crippen LogP contribution in [0, 0.1) is 5.82 Å². The Kier molecular flexibility index (Phi) is 8.10. The molecular formula is C26H23FN2O4. The van der Waals surface area contributed by atoms with Gasteiger partial charge in [0.2, 0.25) is 0 Å². The molecule has 0 spiro atoms. The van der Waals surface area contributed by atoms with Crippen molar-refractivity contribution >= 4 is 29.5 Å². The van der Waals surface area contributed by atoms with E-state index in [4.69, 9.17) is 9.94 Å². The summed E-state index contributed by atoms with van der Waals surface area (Å²) < 4.78 is 18.5. The monoisotopic (exact) mass is 446 g/mol. The van der Waals surface area contributed by atoms with Crippen LogP contribution in [0.2, 0.25) is 0 Å². The molecule has 0 saturated carbocycles. The lowest BCUT2D eigenvalue weighted by Crippen LogP contribution is -2.23. The molecule has 2 amide bonds. The number of hydrogen-bond acceptors (Lipinski definition) is 4. The number of carbonyl (C=O) groups excluding carboxylic acids is 2. The Balaban J connectivity index is 1.76. The topological polar surface area (TPSA) is 87.7 Å². The number of benzene rings is 3. The zero-order valence-electron chi connectivity index (χ0n) is 17.9.